The molecule has 114 valence electrons. The monoisotopic (exact) mass is 299 g/mol. The van der Waals surface area contributed by atoms with Crippen LogP contribution in [0.15, 0.2) is 27.0 Å². The van der Waals surface area contributed by atoms with Crippen molar-refractivity contribution in [3.8, 4) is 0 Å². The average molecular weight is 299 g/mol. The van der Waals surface area contributed by atoms with Crippen molar-refractivity contribution in [3.05, 3.63) is 43.5 Å². The van der Waals surface area contributed by atoms with Crippen LogP contribution in [0.4, 0.5) is 4.39 Å². The van der Waals surface area contributed by atoms with Crippen LogP contribution in [0.25, 0.3) is 10.4 Å². The van der Waals surface area contributed by atoms with E-state index in [9.17, 15) is 19.1 Å². The number of nitrogens with zero attached hydrogens (tertiary/aromatic N) is 4. The maximum absolute atomic E-state index is 14.4. The van der Waals surface area contributed by atoms with Gasteiger partial charge in [0.15, 0.2) is 12.4 Å². The zero-order valence-corrected chi connectivity index (χ0v) is 11.1. The number of alkyl halides is 1. The van der Waals surface area contributed by atoms with Crippen LogP contribution in [0.2, 0.25) is 0 Å². The molecular formula is C11H14FN5O4. The third-order valence-corrected chi connectivity index (χ3v) is 3.73. The van der Waals surface area contributed by atoms with Crippen molar-refractivity contribution in [2.45, 2.75) is 24.9 Å². The highest BCUT2D eigenvalue weighted by Crippen LogP contribution is 2.42. The fraction of sp³-hybridized carbons (Fsp3) is 0.636. The molecular weight excluding hydrogens is 285 g/mol. The van der Waals surface area contributed by atoms with Gasteiger partial charge in [-0.25, -0.2) is 9.18 Å². The Morgan fingerprint density at radius 3 is 2.95 bits per heavy atom. The van der Waals surface area contributed by atoms with Gasteiger partial charge in [-0.1, -0.05) is 12.0 Å². The highest BCUT2D eigenvalue weighted by molar-refractivity contribution is 5.01. The lowest BCUT2D eigenvalue weighted by Gasteiger charge is -2.28. The summed E-state index contributed by atoms with van der Waals surface area (Å²) in [6.07, 6.45) is -1.81. The third kappa shape index (κ3) is 2.56. The molecule has 0 aliphatic carbocycles. The summed E-state index contributed by atoms with van der Waals surface area (Å²) in [5.74, 6) is -0.808. The van der Waals surface area contributed by atoms with Gasteiger partial charge in [0.1, 0.15) is 5.60 Å². The van der Waals surface area contributed by atoms with E-state index in [-0.39, 0.29) is 6.54 Å². The lowest BCUT2D eigenvalue weighted by molar-refractivity contribution is -0.108. The number of hydrogen-bond donors (Lipinski definition) is 2. The molecule has 10 heteroatoms. The first-order valence-corrected chi connectivity index (χ1v) is 6.20. The summed E-state index contributed by atoms with van der Waals surface area (Å²) in [6.45, 7) is 0.656. The minimum absolute atomic E-state index is 0.268. The molecule has 2 heterocycles. The van der Waals surface area contributed by atoms with Gasteiger partial charge in [-0.2, -0.15) is 0 Å². The quantitative estimate of drug-likeness (QED) is 0.462. The molecule has 2 rings (SSSR count). The minimum Gasteiger partial charge on any atom is -0.393 e. The van der Waals surface area contributed by atoms with Crippen LogP contribution >= 0.6 is 0 Å². The molecule has 2 N–H and O–H groups in total. The topological polar surface area (TPSA) is 133 Å². The van der Waals surface area contributed by atoms with Crippen molar-refractivity contribution >= 4 is 0 Å². The number of nitrogens with one attached hydrogen (secondary N) is 1. The lowest BCUT2D eigenvalue weighted by atomic mass is 9.88. The Labute approximate surface area is 117 Å². The third-order valence-electron chi connectivity index (χ3n) is 3.73. The first kappa shape index (κ1) is 15.2. The van der Waals surface area contributed by atoms with Gasteiger partial charge in [0.25, 0.3) is 5.56 Å². The van der Waals surface area contributed by atoms with Crippen LogP contribution in [-0.4, -0.2) is 39.6 Å². The molecule has 1 aromatic heterocycles. The maximum Gasteiger partial charge on any atom is 0.330 e. The molecule has 0 amide bonds. The number of halogens is 1. The van der Waals surface area contributed by atoms with Gasteiger partial charge in [-0.3, -0.25) is 14.3 Å². The Kier molecular flexibility index (Phi) is 4.12. The molecule has 1 aromatic rings. The fourth-order valence-electron chi connectivity index (χ4n) is 2.35. The molecule has 1 aliphatic heterocycles. The second-order valence-electron chi connectivity index (χ2n) is 4.87. The number of ether oxygens (including phenoxy) is 1. The van der Waals surface area contributed by atoms with Gasteiger partial charge in [-0.05, 0) is 5.53 Å². The second-order valence-corrected chi connectivity index (χ2v) is 4.87. The summed E-state index contributed by atoms with van der Waals surface area (Å²) in [6, 6.07) is 1.06. The Bertz CT molecular complexity index is 682. The van der Waals surface area contributed by atoms with Crippen molar-refractivity contribution in [2.24, 2.45) is 11.0 Å². The summed E-state index contributed by atoms with van der Waals surface area (Å²) in [5, 5.41) is 12.8. The van der Waals surface area contributed by atoms with E-state index in [2.05, 4.69) is 10.0 Å². The van der Waals surface area contributed by atoms with Gasteiger partial charge in [-0.15, -0.1) is 0 Å². The number of aliphatic hydroxyl groups excluding tert-OH is 1. The molecule has 0 saturated carbocycles. The largest absolute Gasteiger partial charge is 0.393 e. The Morgan fingerprint density at radius 2 is 2.38 bits per heavy atom. The first-order valence-electron chi connectivity index (χ1n) is 6.20. The molecule has 21 heavy (non-hydrogen) atoms. The molecule has 9 nitrogen and oxygen atoms in total. The molecule has 0 unspecified atom stereocenters. The normalized spacial score (nSPS) is 31.9. The zero-order valence-electron chi connectivity index (χ0n) is 11.1. The van der Waals surface area contributed by atoms with Gasteiger partial charge in [0, 0.05) is 23.1 Å². The van der Waals surface area contributed by atoms with E-state index in [1.165, 1.54) is 6.92 Å². The number of aromatic nitrogens is 2. The maximum atomic E-state index is 14.4. The van der Waals surface area contributed by atoms with Crippen molar-refractivity contribution in [3.63, 3.8) is 0 Å². The van der Waals surface area contributed by atoms with Crippen molar-refractivity contribution in [1.82, 2.24) is 9.55 Å². The van der Waals surface area contributed by atoms with E-state index < -0.39 is 41.8 Å². The lowest BCUT2D eigenvalue weighted by Crippen LogP contribution is -2.43. The second kappa shape index (κ2) is 5.68. The number of hydrogen-bond acceptors (Lipinski definition) is 5. The van der Waals surface area contributed by atoms with Gasteiger partial charge >= 0.3 is 5.69 Å². The molecule has 0 bridgehead atoms. The Hall–Kier alpha value is -2.16. The molecule has 4 atom stereocenters. The number of aromatic amines is 1. The zero-order chi connectivity index (χ0) is 15.6. The highest BCUT2D eigenvalue weighted by atomic mass is 19.1. The smallest absolute Gasteiger partial charge is 0.330 e. The number of aliphatic hydroxyl groups is 1. The summed E-state index contributed by atoms with van der Waals surface area (Å²) in [7, 11) is 0. The molecule has 0 spiro atoms. The first-order chi connectivity index (χ1) is 9.95. The van der Waals surface area contributed by atoms with Crippen LogP contribution in [-0.2, 0) is 4.74 Å². The van der Waals surface area contributed by atoms with Gasteiger partial charge in [0.05, 0.1) is 13.2 Å². The summed E-state index contributed by atoms with van der Waals surface area (Å²) in [5.41, 5.74) is 5.54. The van der Waals surface area contributed by atoms with Gasteiger partial charge < -0.3 is 9.84 Å². The number of azide groups is 1. The van der Waals surface area contributed by atoms with Crippen molar-refractivity contribution in [1.29, 1.82) is 0 Å². The van der Waals surface area contributed by atoms with Crippen LogP contribution in [0.5, 0.6) is 0 Å². The van der Waals surface area contributed by atoms with Crippen LogP contribution in [0, 0.1) is 5.92 Å². The van der Waals surface area contributed by atoms with E-state index >= 15 is 0 Å². The highest BCUT2D eigenvalue weighted by Gasteiger charge is 2.53. The van der Waals surface area contributed by atoms with Crippen LogP contribution < -0.4 is 11.2 Å². The van der Waals surface area contributed by atoms with Crippen molar-refractivity contribution < 1.29 is 14.2 Å². The van der Waals surface area contributed by atoms with E-state index in [0.717, 1.165) is 16.8 Å². The summed E-state index contributed by atoms with van der Waals surface area (Å²) in [4.78, 5) is 27.3. The standard InChI is InChI=1S/C11H14FN5O4/c1-6-8(12)9(17-3-2-7(19)15-10(17)20)21-11(6,5-18)4-14-16-13/h2-3,6,8-9,18H,4-5H2,1H3,(H,15,19,20)/t6-,8+,9+,11+/m0/s1. The molecule has 1 saturated heterocycles. The van der Waals surface area contributed by atoms with Crippen molar-refractivity contribution in [2.75, 3.05) is 13.2 Å². The fourth-order valence-corrected chi connectivity index (χ4v) is 2.35. The molecule has 1 fully saturated rings. The molecule has 1 aliphatic rings. The predicted octanol–water partition coefficient (Wildman–Crippen LogP) is 0.0810. The Balaban J connectivity index is 2.41. The SMILES string of the molecule is C[C@H]1[C@@H](F)[C@H](n2ccc(=O)[nH]c2=O)O[C@@]1(CO)CN=[N+]=[N-]. The minimum atomic E-state index is -1.62. The average Bonchev–Trinajstić information content (AvgIpc) is 2.71. The molecule has 0 aromatic carbocycles. The van der Waals surface area contributed by atoms with Gasteiger partial charge in [0.2, 0.25) is 0 Å². The Morgan fingerprint density at radius 1 is 1.67 bits per heavy atom. The summed E-state index contributed by atoms with van der Waals surface area (Å²) < 4.78 is 20.8. The van der Waals surface area contributed by atoms with Crippen LogP contribution in [0.1, 0.15) is 13.2 Å². The van der Waals surface area contributed by atoms with E-state index in [4.69, 9.17) is 10.3 Å². The predicted molar refractivity (Wildman–Crippen MR) is 69.3 cm³/mol. The number of H-pyrrole nitrogens is 1. The molecule has 0 radical (unpaired) electrons. The van der Waals surface area contributed by atoms with E-state index in [1.807, 2.05) is 4.98 Å². The summed E-state index contributed by atoms with van der Waals surface area (Å²) >= 11 is 0. The van der Waals surface area contributed by atoms with E-state index in [0.29, 0.717) is 0 Å². The van der Waals surface area contributed by atoms with E-state index in [1.54, 1.807) is 0 Å². The van der Waals surface area contributed by atoms with Crippen LogP contribution in [0.3, 0.4) is 0 Å². The number of rotatable bonds is 4.